The van der Waals surface area contributed by atoms with Crippen LogP contribution < -0.4 is 4.74 Å². The van der Waals surface area contributed by atoms with Gasteiger partial charge in [-0.1, -0.05) is 88.6 Å². The summed E-state index contributed by atoms with van der Waals surface area (Å²) in [7, 11) is 1.67. The van der Waals surface area contributed by atoms with Crippen molar-refractivity contribution in [2.75, 3.05) is 12.9 Å². The van der Waals surface area contributed by atoms with Crippen molar-refractivity contribution < 1.29 is 9.53 Å². The van der Waals surface area contributed by atoms with Crippen LogP contribution in [0.2, 0.25) is 0 Å². The van der Waals surface area contributed by atoms with E-state index in [0.29, 0.717) is 11.5 Å². The Morgan fingerprint density at radius 1 is 0.880 bits per heavy atom. The third-order valence-corrected chi connectivity index (χ3v) is 5.56. The largest absolute Gasteiger partial charge is 0.497 e. The van der Waals surface area contributed by atoms with Crippen LogP contribution in [0, 0.1) is 0 Å². The zero-order valence-corrected chi connectivity index (χ0v) is 17.0. The SMILES string of the molecule is CCCCCCCCCCCCSC(=O)CCc1ccc(OC)cc1. The number of hydrogen-bond donors (Lipinski definition) is 0. The van der Waals surface area contributed by atoms with Crippen molar-refractivity contribution in [2.45, 2.75) is 84.0 Å². The zero-order chi connectivity index (χ0) is 18.2. The van der Waals surface area contributed by atoms with Crippen molar-refractivity contribution in [3.8, 4) is 5.75 Å². The number of ether oxygens (including phenoxy) is 1. The van der Waals surface area contributed by atoms with E-state index >= 15 is 0 Å². The molecule has 0 saturated carbocycles. The van der Waals surface area contributed by atoms with Crippen LogP contribution >= 0.6 is 11.8 Å². The topological polar surface area (TPSA) is 26.3 Å². The average molecular weight is 365 g/mol. The van der Waals surface area contributed by atoms with Gasteiger partial charge in [-0.2, -0.15) is 0 Å². The molecule has 0 saturated heterocycles. The first-order valence-corrected chi connectivity index (χ1v) is 11.0. The summed E-state index contributed by atoms with van der Waals surface area (Å²) in [5.41, 5.74) is 1.20. The number of carbonyl (C=O) groups is 1. The molecule has 0 N–H and O–H groups in total. The van der Waals surface area contributed by atoms with Gasteiger partial charge in [0.1, 0.15) is 5.75 Å². The smallest absolute Gasteiger partial charge is 0.189 e. The predicted octanol–water partition coefficient (Wildman–Crippen LogP) is 6.81. The molecule has 0 aliphatic heterocycles. The lowest BCUT2D eigenvalue weighted by atomic mass is 10.1. The standard InChI is InChI=1S/C22H36O2S/c1-3-4-5-6-7-8-9-10-11-12-19-25-22(23)18-15-20-13-16-21(24-2)17-14-20/h13-14,16-17H,3-12,15,18-19H2,1-2H3. The molecule has 0 radical (unpaired) electrons. The van der Waals surface area contributed by atoms with Gasteiger partial charge in [0.25, 0.3) is 0 Å². The summed E-state index contributed by atoms with van der Waals surface area (Å²) in [4.78, 5) is 11.9. The molecule has 0 heterocycles. The van der Waals surface area contributed by atoms with Crippen molar-refractivity contribution >= 4 is 16.9 Å². The fourth-order valence-corrected chi connectivity index (χ4v) is 3.71. The Bertz CT molecular complexity index is 442. The van der Waals surface area contributed by atoms with Crippen LogP contribution in [-0.4, -0.2) is 18.0 Å². The van der Waals surface area contributed by atoms with E-state index in [2.05, 4.69) is 6.92 Å². The highest BCUT2D eigenvalue weighted by Crippen LogP contribution is 2.16. The van der Waals surface area contributed by atoms with Gasteiger partial charge in [0.15, 0.2) is 5.12 Å². The Hall–Kier alpha value is -0.960. The molecular formula is C22H36O2S. The van der Waals surface area contributed by atoms with Crippen LogP contribution in [0.5, 0.6) is 5.75 Å². The predicted molar refractivity (Wildman–Crippen MR) is 111 cm³/mol. The maximum Gasteiger partial charge on any atom is 0.189 e. The molecule has 0 spiro atoms. The van der Waals surface area contributed by atoms with Crippen LogP contribution in [0.15, 0.2) is 24.3 Å². The van der Waals surface area contributed by atoms with E-state index in [4.69, 9.17) is 4.74 Å². The van der Waals surface area contributed by atoms with Crippen LogP contribution in [-0.2, 0) is 11.2 Å². The summed E-state index contributed by atoms with van der Waals surface area (Å²) >= 11 is 1.52. The van der Waals surface area contributed by atoms with Gasteiger partial charge in [0.05, 0.1) is 7.11 Å². The second-order valence-corrected chi connectivity index (χ2v) is 7.90. The van der Waals surface area contributed by atoms with Crippen LogP contribution in [0.3, 0.4) is 0 Å². The minimum absolute atomic E-state index is 0.326. The molecule has 0 aliphatic rings. The van der Waals surface area contributed by atoms with Gasteiger partial charge in [-0.25, -0.2) is 0 Å². The van der Waals surface area contributed by atoms with Crippen molar-refractivity contribution in [1.82, 2.24) is 0 Å². The fourth-order valence-electron chi connectivity index (χ4n) is 2.89. The zero-order valence-electron chi connectivity index (χ0n) is 16.2. The number of benzene rings is 1. The van der Waals surface area contributed by atoms with Gasteiger partial charge in [0.2, 0.25) is 0 Å². The van der Waals surface area contributed by atoms with Crippen molar-refractivity contribution in [3.63, 3.8) is 0 Å². The second kappa shape index (κ2) is 15.3. The number of thioether (sulfide) groups is 1. The quantitative estimate of drug-likeness (QED) is 0.320. The van der Waals surface area contributed by atoms with Crippen LogP contribution in [0.1, 0.15) is 83.1 Å². The number of hydrogen-bond acceptors (Lipinski definition) is 3. The van der Waals surface area contributed by atoms with E-state index in [-0.39, 0.29) is 0 Å². The molecule has 142 valence electrons. The summed E-state index contributed by atoms with van der Waals surface area (Å²) < 4.78 is 5.15. The number of unbranched alkanes of at least 4 members (excludes halogenated alkanes) is 9. The van der Waals surface area contributed by atoms with Crippen molar-refractivity contribution in [2.24, 2.45) is 0 Å². The minimum atomic E-state index is 0.326. The molecule has 3 heteroatoms. The normalized spacial score (nSPS) is 10.8. The highest BCUT2D eigenvalue weighted by Gasteiger charge is 2.04. The molecule has 0 aliphatic carbocycles. The van der Waals surface area contributed by atoms with Gasteiger partial charge in [-0.15, -0.1) is 0 Å². The van der Waals surface area contributed by atoms with Gasteiger partial charge in [-0.3, -0.25) is 4.79 Å². The van der Waals surface area contributed by atoms with E-state index in [0.717, 1.165) is 17.9 Å². The first-order chi connectivity index (χ1) is 12.3. The fraction of sp³-hybridized carbons (Fsp3) is 0.682. The van der Waals surface area contributed by atoms with Crippen molar-refractivity contribution in [3.05, 3.63) is 29.8 Å². The number of methoxy groups -OCH3 is 1. The Morgan fingerprint density at radius 2 is 1.44 bits per heavy atom. The molecule has 0 unspecified atom stereocenters. The van der Waals surface area contributed by atoms with E-state index in [1.807, 2.05) is 24.3 Å². The second-order valence-electron chi connectivity index (χ2n) is 6.75. The summed E-state index contributed by atoms with van der Waals surface area (Å²) in [6, 6.07) is 7.99. The van der Waals surface area contributed by atoms with E-state index < -0.39 is 0 Å². The maximum absolute atomic E-state index is 11.9. The van der Waals surface area contributed by atoms with E-state index in [1.54, 1.807) is 7.11 Å². The molecule has 0 amide bonds. The molecule has 1 rings (SSSR count). The highest BCUT2D eigenvalue weighted by atomic mass is 32.2. The molecule has 0 atom stereocenters. The monoisotopic (exact) mass is 364 g/mol. The molecular weight excluding hydrogens is 328 g/mol. The first-order valence-electron chi connectivity index (χ1n) is 10.0. The number of aryl methyl sites for hydroxylation is 1. The Morgan fingerprint density at radius 3 is 2.00 bits per heavy atom. The van der Waals surface area contributed by atoms with Gasteiger partial charge >= 0.3 is 0 Å². The molecule has 0 bridgehead atoms. The molecule has 0 fully saturated rings. The molecule has 1 aromatic rings. The third kappa shape index (κ3) is 12.1. The molecule has 25 heavy (non-hydrogen) atoms. The summed E-state index contributed by atoms with van der Waals surface area (Å²) in [6.07, 6.45) is 14.9. The molecule has 1 aromatic carbocycles. The van der Waals surface area contributed by atoms with E-state index in [9.17, 15) is 4.79 Å². The summed E-state index contributed by atoms with van der Waals surface area (Å²) in [5.74, 6) is 1.85. The Kier molecular flexibility index (Phi) is 13.5. The van der Waals surface area contributed by atoms with Gasteiger partial charge in [0, 0.05) is 12.2 Å². The van der Waals surface area contributed by atoms with Crippen LogP contribution in [0.25, 0.3) is 0 Å². The lowest BCUT2D eigenvalue weighted by Gasteiger charge is -2.04. The summed E-state index contributed by atoms with van der Waals surface area (Å²) in [6.45, 7) is 2.27. The summed E-state index contributed by atoms with van der Waals surface area (Å²) in [5, 5.41) is 0.326. The Labute approximate surface area is 159 Å². The number of carbonyl (C=O) groups excluding carboxylic acids is 1. The van der Waals surface area contributed by atoms with Gasteiger partial charge in [-0.05, 0) is 30.5 Å². The number of rotatable bonds is 15. The lowest BCUT2D eigenvalue weighted by Crippen LogP contribution is -1.97. The molecule has 0 aromatic heterocycles. The van der Waals surface area contributed by atoms with Gasteiger partial charge < -0.3 is 4.74 Å². The third-order valence-electron chi connectivity index (χ3n) is 4.54. The lowest BCUT2D eigenvalue weighted by molar-refractivity contribution is -0.110. The molecule has 2 nitrogen and oxygen atoms in total. The Balaban J connectivity index is 1.91. The minimum Gasteiger partial charge on any atom is -0.497 e. The maximum atomic E-state index is 11.9. The average Bonchev–Trinajstić information content (AvgIpc) is 2.65. The van der Waals surface area contributed by atoms with E-state index in [1.165, 1.54) is 81.5 Å². The van der Waals surface area contributed by atoms with Crippen LogP contribution in [0.4, 0.5) is 0 Å². The highest BCUT2D eigenvalue weighted by molar-refractivity contribution is 8.13. The first kappa shape index (κ1) is 22.1. The van der Waals surface area contributed by atoms with Crippen molar-refractivity contribution in [1.29, 1.82) is 0 Å².